The van der Waals surface area contributed by atoms with E-state index in [-0.39, 0.29) is 0 Å². The third-order valence-electron chi connectivity index (χ3n) is 8.12. The molecule has 6 aromatic carbocycles. The smallest absolute Gasteiger partial charge is 0.149 e. The van der Waals surface area contributed by atoms with Gasteiger partial charge in [0.05, 0.1) is 22.3 Å². The highest BCUT2D eigenvalue weighted by molar-refractivity contribution is 5.98. The van der Waals surface area contributed by atoms with Crippen LogP contribution in [0.4, 0.5) is 0 Å². The molecule has 0 fully saturated rings. The second kappa shape index (κ2) is 10.6. The van der Waals surface area contributed by atoms with E-state index in [0.29, 0.717) is 0 Å². The lowest BCUT2D eigenvalue weighted by molar-refractivity contribution is 0.616. The van der Waals surface area contributed by atoms with Crippen LogP contribution in [0.3, 0.4) is 0 Å². The van der Waals surface area contributed by atoms with Gasteiger partial charge in [0.25, 0.3) is 0 Å². The molecule has 0 saturated heterocycles. The average molecular weight is 553 g/mol. The molecule has 0 N–H and O–H groups in total. The highest BCUT2D eigenvalue weighted by Crippen LogP contribution is 2.42. The van der Waals surface area contributed by atoms with Crippen LogP contribution in [0.5, 0.6) is 0 Å². The van der Waals surface area contributed by atoms with Crippen LogP contribution < -0.4 is 0 Å². The van der Waals surface area contributed by atoms with Gasteiger partial charge in [0.1, 0.15) is 17.7 Å². The number of benzene rings is 6. The number of aromatic nitrogens is 2. The molecule has 0 spiro atoms. The first-order valence-electron chi connectivity index (χ1n) is 14.6. The summed E-state index contributed by atoms with van der Waals surface area (Å²) in [5.41, 5.74) is 12.0. The van der Waals surface area contributed by atoms with E-state index in [1.54, 1.807) is 0 Å². The van der Waals surface area contributed by atoms with E-state index in [1.165, 1.54) is 11.1 Å². The second-order valence-corrected chi connectivity index (χ2v) is 10.8. The van der Waals surface area contributed by atoms with Gasteiger partial charge < -0.3 is 4.42 Å². The fraction of sp³-hybridized carbons (Fsp3) is 0.0250. The summed E-state index contributed by atoms with van der Waals surface area (Å²) in [6.07, 6.45) is 2.72. The quantitative estimate of drug-likeness (QED) is 0.205. The molecule has 0 amide bonds. The van der Waals surface area contributed by atoms with Crippen molar-refractivity contribution in [2.45, 2.75) is 6.42 Å². The standard InChI is InChI=1S/C40H28N2O/c1-4-13-28(14-5-1)25-29-23-24-38-34(26-29)35(27-43-38)40-41-36-21-10-11-22-37(36)42(40)39-32(30-15-6-2-7-16-30)19-12-20-33(39)31-17-8-3-9-18-31/h1-24,26-27H,25H2. The van der Waals surface area contributed by atoms with Gasteiger partial charge in [-0.25, -0.2) is 4.98 Å². The normalized spacial score (nSPS) is 11.3. The van der Waals surface area contributed by atoms with Crippen LogP contribution in [-0.2, 0) is 6.42 Å². The van der Waals surface area contributed by atoms with E-state index in [2.05, 4.69) is 156 Å². The summed E-state index contributed by atoms with van der Waals surface area (Å²) in [4.78, 5) is 5.27. The summed E-state index contributed by atoms with van der Waals surface area (Å²) in [6.45, 7) is 0. The third kappa shape index (κ3) is 4.52. The molecule has 8 aromatic rings. The maximum Gasteiger partial charge on any atom is 0.149 e. The Morgan fingerprint density at radius 1 is 0.535 bits per heavy atom. The van der Waals surface area contributed by atoms with E-state index in [4.69, 9.17) is 9.40 Å². The van der Waals surface area contributed by atoms with Crippen molar-refractivity contribution in [3.8, 4) is 39.3 Å². The molecule has 2 heterocycles. The fourth-order valence-corrected chi connectivity index (χ4v) is 6.11. The van der Waals surface area contributed by atoms with Crippen LogP contribution in [0.25, 0.3) is 61.3 Å². The van der Waals surface area contributed by atoms with Gasteiger partial charge >= 0.3 is 0 Å². The maximum atomic E-state index is 6.17. The van der Waals surface area contributed by atoms with Crippen molar-refractivity contribution in [2.75, 3.05) is 0 Å². The zero-order valence-corrected chi connectivity index (χ0v) is 23.5. The number of hydrogen-bond donors (Lipinski definition) is 0. The van der Waals surface area contributed by atoms with Gasteiger partial charge in [-0.2, -0.15) is 0 Å². The zero-order chi connectivity index (χ0) is 28.6. The van der Waals surface area contributed by atoms with Gasteiger partial charge in [-0.05, 0) is 52.9 Å². The summed E-state index contributed by atoms with van der Waals surface area (Å²) in [7, 11) is 0. The van der Waals surface area contributed by atoms with E-state index < -0.39 is 0 Å². The first kappa shape index (κ1) is 25.1. The van der Waals surface area contributed by atoms with Crippen LogP contribution in [-0.4, -0.2) is 9.55 Å². The summed E-state index contributed by atoms with van der Waals surface area (Å²) in [6, 6.07) is 53.2. The minimum absolute atomic E-state index is 0.852. The lowest BCUT2D eigenvalue weighted by Crippen LogP contribution is -2.03. The van der Waals surface area contributed by atoms with Crippen molar-refractivity contribution in [1.29, 1.82) is 0 Å². The number of hydrogen-bond acceptors (Lipinski definition) is 2. The van der Waals surface area contributed by atoms with Crippen LogP contribution in [0.15, 0.2) is 162 Å². The zero-order valence-electron chi connectivity index (χ0n) is 23.5. The molecular formula is C40H28N2O. The summed E-state index contributed by atoms with van der Waals surface area (Å²) in [5.74, 6) is 0.859. The Morgan fingerprint density at radius 3 is 1.86 bits per heavy atom. The molecule has 0 saturated carbocycles. The molecule has 2 aromatic heterocycles. The van der Waals surface area contributed by atoms with Gasteiger partial charge in [0.15, 0.2) is 0 Å². The number of para-hydroxylation sites is 3. The molecule has 0 bridgehead atoms. The Labute approximate surface area is 250 Å². The Bertz CT molecular complexity index is 2140. The van der Waals surface area contributed by atoms with Crippen molar-refractivity contribution in [3.63, 3.8) is 0 Å². The Morgan fingerprint density at radius 2 is 1.16 bits per heavy atom. The predicted octanol–water partition coefficient (Wildman–Crippen LogP) is 10.4. The van der Waals surface area contributed by atoms with Gasteiger partial charge in [-0.15, -0.1) is 0 Å². The van der Waals surface area contributed by atoms with Gasteiger partial charge in [0, 0.05) is 16.5 Å². The molecular weight excluding hydrogens is 524 g/mol. The maximum absolute atomic E-state index is 6.17. The van der Waals surface area contributed by atoms with Crippen LogP contribution in [0.1, 0.15) is 11.1 Å². The Balaban J connectivity index is 1.41. The highest BCUT2D eigenvalue weighted by Gasteiger charge is 2.23. The molecule has 0 unspecified atom stereocenters. The van der Waals surface area contributed by atoms with E-state index in [1.807, 2.05) is 6.26 Å². The lowest BCUT2D eigenvalue weighted by atomic mass is 9.95. The van der Waals surface area contributed by atoms with Gasteiger partial charge in [-0.3, -0.25) is 4.57 Å². The van der Waals surface area contributed by atoms with E-state index >= 15 is 0 Å². The first-order chi connectivity index (χ1) is 21.3. The molecule has 0 aliphatic heterocycles. The number of fused-ring (bicyclic) bond motifs is 2. The molecule has 0 radical (unpaired) electrons. The average Bonchev–Trinajstić information content (AvgIpc) is 3.67. The Hall–Kier alpha value is -5.67. The number of rotatable bonds is 6. The summed E-state index contributed by atoms with van der Waals surface area (Å²) < 4.78 is 8.50. The molecule has 204 valence electrons. The number of imidazole rings is 1. The fourth-order valence-electron chi connectivity index (χ4n) is 6.11. The molecule has 0 aliphatic rings. The number of nitrogens with zero attached hydrogens (tertiary/aromatic N) is 2. The van der Waals surface area contributed by atoms with Crippen LogP contribution in [0.2, 0.25) is 0 Å². The third-order valence-corrected chi connectivity index (χ3v) is 8.12. The van der Waals surface area contributed by atoms with E-state index in [9.17, 15) is 0 Å². The van der Waals surface area contributed by atoms with Crippen LogP contribution in [0, 0.1) is 0 Å². The highest BCUT2D eigenvalue weighted by atomic mass is 16.3. The SMILES string of the molecule is c1ccc(Cc2ccc3occ(-c4nc5ccccc5n4-c4c(-c5ccccc5)cccc4-c4ccccc4)c3c2)cc1. The largest absolute Gasteiger partial charge is 0.464 e. The molecule has 0 aliphatic carbocycles. The molecule has 0 atom stereocenters. The molecule has 8 rings (SSSR count). The molecule has 3 nitrogen and oxygen atoms in total. The summed E-state index contributed by atoms with van der Waals surface area (Å²) >= 11 is 0. The minimum atomic E-state index is 0.852. The van der Waals surface area contributed by atoms with Crippen LogP contribution >= 0.6 is 0 Å². The monoisotopic (exact) mass is 552 g/mol. The van der Waals surface area contributed by atoms with Gasteiger partial charge in [0.2, 0.25) is 0 Å². The topological polar surface area (TPSA) is 31.0 Å². The summed E-state index contributed by atoms with van der Waals surface area (Å²) in [5, 5.41) is 1.06. The van der Waals surface area contributed by atoms with Gasteiger partial charge in [-0.1, -0.05) is 127 Å². The lowest BCUT2D eigenvalue weighted by Gasteiger charge is -2.19. The minimum Gasteiger partial charge on any atom is -0.464 e. The first-order valence-corrected chi connectivity index (χ1v) is 14.6. The molecule has 43 heavy (non-hydrogen) atoms. The van der Waals surface area contributed by atoms with Crippen molar-refractivity contribution in [1.82, 2.24) is 9.55 Å². The molecule has 3 heteroatoms. The predicted molar refractivity (Wildman–Crippen MR) is 176 cm³/mol. The van der Waals surface area contributed by atoms with Crippen molar-refractivity contribution < 1.29 is 4.42 Å². The van der Waals surface area contributed by atoms with Crippen molar-refractivity contribution in [3.05, 3.63) is 169 Å². The second-order valence-electron chi connectivity index (χ2n) is 10.8. The van der Waals surface area contributed by atoms with Crippen molar-refractivity contribution in [2.24, 2.45) is 0 Å². The Kier molecular flexibility index (Phi) is 6.20. The van der Waals surface area contributed by atoms with Crippen molar-refractivity contribution >= 4 is 22.0 Å². The number of furan rings is 1. The van der Waals surface area contributed by atoms with E-state index in [0.717, 1.165) is 67.8 Å².